The number of urea groups is 1. The Morgan fingerprint density at radius 3 is 2.36 bits per heavy atom. The molecule has 0 bridgehead atoms. The van der Waals surface area contributed by atoms with Crippen molar-refractivity contribution in [2.45, 2.75) is 13.0 Å². The Morgan fingerprint density at radius 2 is 1.71 bits per heavy atom. The Kier molecular flexibility index (Phi) is 7.38. The smallest absolute Gasteiger partial charge is 0.328 e. The van der Waals surface area contributed by atoms with Crippen molar-refractivity contribution in [2.75, 3.05) is 26.1 Å². The molecule has 0 heterocycles. The van der Waals surface area contributed by atoms with Gasteiger partial charge in [0.05, 0.1) is 19.8 Å². The highest BCUT2D eigenvalue weighted by Gasteiger charge is 2.20. The molecule has 0 fully saturated rings. The Balaban J connectivity index is 1.88. The fourth-order valence-corrected chi connectivity index (χ4v) is 2.32. The molecule has 2 aromatic carbocycles. The number of carbonyl (C=O) groups is 3. The summed E-state index contributed by atoms with van der Waals surface area (Å²) in [5.41, 5.74) is 0.818. The van der Waals surface area contributed by atoms with Crippen molar-refractivity contribution in [3.63, 3.8) is 0 Å². The highest BCUT2D eigenvalue weighted by molar-refractivity contribution is 6.01. The Hall–Kier alpha value is -3.55. The fraction of sp³-hybridized carbons (Fsp3) is 0.250. The largest absolute Gasteiger partial charge is 0.497 e. The molecule has 8 heteroatoms. The number of ketones is 1. The summed E-state index contributed by atoms with van der Waals surface area (Å²) in [5, 5.41) is 5.04. The number of anilines is 1. The lowest BCUT2D eigenvalue weighted by Gasteiger charge is -2.14. The maximum absolute atomic E-state index is 12.4. The number of nitrogens with one attached hydrogen (secondary N) is 2. The first-order chi connectivity index (χ1) is 13.4. The first-order valence-electron chi connectivity index (χ1n) is 8.49. The van der Waals surface area contributed by atoms with Gasteiger partial charge in [-0.15, -0.1) is 0 Å². The second-order valence-corrected chi connectivity index (χ2v) is 5.78. The van der Waals surface area contributed by atoms with E-state index in [1.165, 1.54) is 27.2 Å². The summed E-state index contributed by atoms with van der Waals surface area (Å²) in [7, 11) is 2.91. The van der Waals surface area contributed by atoms with Crippen molar-refractivity contribution in [3.8, 4) is 11.5 Å². The summed E-state index contributed by atoms with van der Waals surface area (Å²) < 4.78 is 15.3. The van der Waals surface area contributed by atoms with Crippen LogP contribution in [-0.2, 0) is 9.53 Å². The van der Waals surface area contributed by atoms with E-state index in [1.54, 1.807) is 36.4 Å². The number of rotatable bonds is 8. The molecule has 1 atom stereocenters. The van der Waals surface area contributed by atoms with Crippen LogP contribution in [0.4, 0.5) is 10.5 Å². The first-order valence-corrected chi connectivity index (χ1v) is 8.49. The quantitative estimate of drug-likeness (QED) is 0.534. The molecule has 0 aliphatic carbocycles. The Labute approximate surface area is 162 Å². The van der Waals surface area contributed by atoms with Crippen molar-refractivity contribution in [1.29, 1.82) is 0 Å². The van der Waals surface area contributed by atoms with Crippen LogP contribution in [0.3, 0.4) is 0 Å². The van der Waals surface area contributed by atoms with Crippen molar-refractivity contribution in [2.24, 2.45) is 0 Å². The highest BCUT2D eigenvalue weighted by Crippen LogP contribution is 2.24. The molecule has 2 N–H and O–H groups in total. The molecule has 0 aliphatic rings. The average Bonchev–Trinajstić information content (AvgIpc) is 2.71. The van der Waals surface area contributed by atoms with Gasteiger partial charge in [0.15, 0.2) is 6.61 Å². The Bertz CT molecular complexity index is 838. The maximum Gasteiger partial charge on any atom is 0.328 e. The van der Waals surface area contributed by atoms with Crippen molar-refractivity contribution in [1.82, 2.24) is 5.32 Å². The van der Waals surface area contributed by atoms with Gasteiger partial charge in [-0.2, -0.15) is 0 Å². The van der Waals surface area contributed by atoms with Gasteiger partial charge in [-0.3, -0.25) is 4.79 Å². The summed E-state index contributed by atoms with van der Waals surface area (Å²) in [6.45, 7) is 0.970. The molecule has 0 radical (unpaired) electrons. The van der Waals surface area contributed by atoms with Crippen LogP contribution in [0.5, 0.6) is 11.5 Å². The molecule has 2 amide bonds. The maximum atomic E-state index is 12.4. The molecule has 2 aromatic rings. The number of esters is 1. The molecule has 2 rings (SSSR count). The van der Waals surface area contributed by atoms with E-state index in [2.05, 4.69) is 10.6 Å². The van der Waals surface area contributed by atoms with Gasteiger partial charge in [-0.1, -0.05) is 18.2 Å². The number of hydrogen-bond donors (Lipinski definition) is 2. The van der Waals surface area contributed by atoms with Gasteiger partial charge in [0, 0.05) is 5.69 Å². The monoisotopic (exact) mass is 386 g/mol. The first kappa shape index (κ1) is 20.8. The number of amides is 2. The Morgan fingerprint density at radius 1 is 1.00 bits per heavy atom. The summed E-state index contributed by atoms with van der Waals surface area (Å²) >= 11 is 0. The molecule has 0 aromatic heterocycles. The van der Waals surface area contributed by atoms with E-state index in [4.69, 9.17) is 14.2 Å². The molecule has 0 saturated carbocycles. The van der Waals surface area contributed by atoms with Crippen LogP contribution in [0.1, 0.15) is 17.3 Å². The third kappa shape index (κ3) is 5.73. The zero-order chi connectivity index (χ0) is 20.5. The molecule has 148 valence electrons. The van der Waals surface area contributed by atoms with E-state index >= 15 is 0 Å². The predicted octanol–water partition coefficient (Wildman–Crippen LogP) is 2.64. The van der Waals surface area contributed by atoms with E-state index in [1.807, 2.05) is 6.07 Å². The van der Waals surface area contributed by atoms with Crippen LogP contribution < -0.4 is 20.1 Å². The zero-order valence-electron chi connectivity index (χ0n) is 15.9. The molecule has 0 spiro atoms. The van der Waals surface area contributed by atoms with E-state index in [0.717, 1.165) is 0 Å². The minimum absolute atomic E-state index is 0.233. The van der Waals surface area contributed by atoms with E-state index < -0.39 is 30.4 Å². The average molecular weight is 386 g/mol. The summed E-state index contributed by atoms with van der Waals surface area (Å²) in [6, 6.07) is 12.0. The molecule has 0 saturated heterocycles. The number of para-hydroxylation sites is 1. The lowest BCUT2D eigenvalue weighted by Crippen LogP contribution is -2.42. The lowest BCUT2D eigenvalue weighted by molar-refractivity contribution is -0.144. The van der Waals surface area contributed by atoms with Gasteiger partial charge < -0.3 is 24.8 Å². The number of methoxy groups -OCH3 is 2. The van der Waals surface area contributed by atoms with E-state index in [9.17, 15) is 14.4 Å². The number of carbonyl (C=O) groups excluding carboxylic acids is 3. The second kappa shape index (κ2) is 9.96. The third-order valence-corrected chi connectivity index (χ3v) is 3.79. The van der Waals surface area contributed by atoms with Crippen LogP contribution in [0, 0.1) is 0 Å². The minimum Gasteiger partial charge on any atom is -0.497 e. The standard InChI is InChI=1S/C20H22N2O6/c1-13(21-20(25)22-14-7-5-4-6-8-14)19(24)28-12-17(23)16-11-15(26-2)9-10-18(16)27-3/h4-11,13H,12H2,1-3H3,(H2,21,22,25)/t13-/m0/s1. The minimum atomic E-state index is -0.941. The number of Topliss-reactive ketones (excluding diaryl/α,β-unsaturated/α-hetero) is 1. The van der Waals surface area contributed by atoms with E-state index in [-0.39, 0.29) is 5.56 Å². The van der Waals surface area contributed by atoms with Crippen LogP contribution in [-0.4, -0.2) is 44.7 Å². The second-order valence-electron chi connectivity index (χ2n) is 5.78. The number of ether oxygens (including phenoxy) is 3. The van der Waals surface area contributed by atoms with Crippen LogP contribution in [0.25, 0.3) is 0 Å². The zero-order valence-corrected chi connectivity index (χ0v) is 15.9. The fourth-order valence-electron chi connectivity index (χ4n) is 2.32. The normalized spacial score (nSPS) is 11.1. The van der Waals surface area contributed by atoms with Gasteiger partial charge in [0.25, 0.3) is 0 Å². The van der Waals surface area contributed by atoms with Gasteiger partial charge in [-0.05, 0) is 37.3 Å². The topological polar surface area (TPSA) is 103 Å². The van der Waals surface area contributed by atoms with Crippen LogP contribution in [0.2, 0.25) is 0 Å². The predicted molar refractivity (Wildman–Crippen MR) is 103 cm³/mol. The van der Waals surface area contributed by atoms with Crippen LogP contribution >= 0.6 is 0 Å². The van der Waals surface area contributed by atoms with Gasteiger partial charge >= 0.3 is 12.0 Å². The highest BCUT2D eigenvalue weighted by atomic mass is 16.5. The molecular weight excluding hydrogens is 364 g/mol. The lowest BCUT2D eigenvalue weighted by atomic mass is 10.1. The third-order valence-electron chi connectivity index (χ3n) is 3.79. The summed E-state index contributed by atoms with van der Waals surface area (Å²) in [6.07, 6.45) is 0. The number of benzene rings is 2. The molecule has 0 aliphatic heterocycles. The van der Waals surface area contributed by atoms with Gasteiger partial charge in [0.2, 0.25) is 5.78 Å². The molecular formula is C20H22N2O6. The SMILES string of the molecule is COc1ccc(OC)c(C(=O)COC(=O)[C@H](C)NC(=O)Nc2ccccc2)c1. The van der Waals surface area contributed by atoms with E-state index in [0.29, 0.717) is 17.2 Å². The molecule has 8 nitrogen and oxygen atoms in total. The van der Waals surface area contributed by atoms with Crippen molar-refractivity contribution < 1.29 is 28.6 Å². The molecule has 28 heavy (non-hydrogen) atoms. The molecule has 0 unspecified atom stereocenters. The van der Waals surface area contributed by atoms with Crippen LogP contribution in [0.15, 0.2) is 48.5 Å². The van der Waals surface area contributed by atoms with Gasteiger partial charge in [0.1, 0.15) is 17.5 Å². The number of hydrogen-bond acceptors (Lipinski definition) is 6. The summed E-state index contributed by atoms with van der Waals surface area (Å²) in [5.74, 6) is -0.373. The summed E-state index contributed by atoms with van der Waals surface area (Å²) in [4.78, 5) is 36.4. The van der Waals surface area contributed by atoms with Crippen molar-refractivity contribution in [3.05, 3.63) is 54.1 Å². The van der Waals surface area contributed by atoms with Crippen molar-refractivity contribution >= 4 is 23.5 Å². The van der Waals surface area contributed by atoms with Gasteiger partial charge in [-0.25, -0.2) is 9.59 Å².